The highest BCUT2D eigenvalue weighted by Crippen LogP contribution is 2.40. The summed E-state index contributed by atoms with van der Waals surface area (Å²) in [6, 6.07) is 9.25. The number of phenolic OH excluding ortho intramolecular Hbond substituents is 1. The van der Waals surface area contributed by atoms with Crippen molar-refractivity contribution in [1.29, 1.82) is 0 Å². The molecule has 0 saturated carbocycles. The van der Waals surface area contributed by atoms with Crippen LogP contribution in [0.2, 0.25) is 0 Å². The number of hydrogen-bond donors (Lipinski definition) is 2. The van der Waals surface area contributed by atoms with Gasteiger partial charge in [-0.05, 0) is 36.7 Å². The molecule has 0 heterocycles. The highest BCUT2D eigenvalue weighted by atomic mass is 19.4. The third-order valence-corrected chi connectivity index (χ3v) is 3.79. The van der Waals surface area contributed by atoms with Crippen molar-refractivity contribution in [3.05, 3.63) is 53.1 Å². The monoisotopic (exact) mass is 355 g/mol. The first kappa shape index (κ1) is 18.9. The van der Waals surface area contributed by atoms with Gasteiger partial charge in [0, 0.05) is 12.1 Å². The minimum atomic E-state index is -4.51. The zero-order chi connectivity index (χ0) is 18.4. The second-order valence-corrected chi connectivity index (χ2v) is 5.42. The number of ether oxygens (including phenoxy) is 2. The van der Waals surface area contributed by atoms with Crippen LogP contribution in [0.15, 0.2) is 36.4 Å². The Morgan fingerprint density at radius 3 is 2.28 bits per heavy atom. The van der Waals surface area contributed by atoms with Crippen LogP contribution < -0.4 is 14.8 Å². The Labute approximate surface area is 144 Å². The van der Waals surface area contributed by atoms with Crippen molar-refractivity contribution in [2.75, 3.05) is 20.8 Å². The van der Waals surface area contributed by atoms with Crippen molar-refractivity contribution in [2.24, 2.45) is 0 Å². The fourth-order valence-electron chi connectivity index (χ4n) is 2.48. The van der Waals surface area contributed by atoms with E-state index in [1.54, 1.807) is 18.2 Å². The van der Waals surface area contributed by atoms with Gasteiger partial charge in [0.25, 0.3) is 0 Å². The zero-order valence-electron chi connectivity index (χ0n) is 14.0. The molecule has 0 unspecified atom stereocenters. The summed E-state index contributed by atoms with van der Waals surface area (Å²) in [5.41, 5.74) is 0.495. The zero-order valence-corrected chi connectivity index (χ0v) is 14.0. The molecule has 2 aromatic rings. The third-order valence-electron chi connectivity index (χ3n) is 3.79. The van der Waals surface area contributed by atoms with Crippen LogP contribution in [0, 0.1) is 0 Å². The second kappa shape index (κ2) is 8.11. The molecule has 0 amide bonds. The van der Waals surface area contributed by atoms with E-state index >= 15 is 0 Å². The van der Waals surface area contributed by atoms with Crippen LogP contribution in [0.4, 0.5) is 13.2 Å². The molecular weight excluding hydrogens is 335 g/mol. The van der Waals surface area contributed by atoms with Crippen molar-refractivity contribution in [2.45, 2.75) is 19.1 Å². The molecule has 0 aliphatic rings. The van der Waals surface area contributed by atoms with E-state index in [-0.39, 0.29) is 17.2 Å². The van der Waals surface area contributed by atoms with E-state index in [4.69, 9.17) is 9.47 Å². The van der Waals surface area contributed by atoms with Crippen LogP contribution >= 0.6 is 0 Å². The van der Waals surface area contributed by atoms with E-state index in [9.17, 15) is 18.3 Å². The molecule has 4 nitrogen and oxygen atoms in total. The lowest BCUT2D eigenvalue weighted by Crippen LogP contribution is -2.17. The Kier molecular flexibility index (Phi) is 6.14. The molecular formula is C18H20F3NO3. The Morgan fingerprint density at radius 1 is 1.00 bits per heavy atom. The highest BCUT2D eigenvalue weighted by molar-refractivity contribution is 5.48. The summed E-state index contributed by atoms with van der Waals surface area (Å²) in [6.07, 6.45) is -4.06. The largest absolute Gasteiger partial charge is 0.508 e. The minimum absolute atomic E-state index is 0.164. The van der Waals surface area contributed by atoms with E-state index < -0.39 is 11.7 Å². The number of aromatic hydroxyl groups is 1. The van der Waals surface area contributed by atoms with Gasteiger partial charge in [-0.1, -0.05) is 18.2 Å². The van der Waals surface area contributed by atoms with Crippen molar-refractivity contribution in [1.82, 2.24) is 5.32 Å². The molecule has 136 valence electrons. The maximum atomic E-state index is 13.0. The normalized spacial score (nSPS) is 11.4. The SMILES string of the molecule is COc1cc(C(F)(F)F)c(OC)cc1CCNCc1ccccc1O. The Bertz CT molecular complexity index is 717. The van der Waals surface area contributed by atoms with Crippen molar-refractivity contribution in [3.8, 4) is 17.2 Å². The van der Waals surface area contributed by atoms with Crippen molar-refractivity contribution < 1.29 is 27.8 Å². The van der Waals surface area contributed by atoms with E-state index in [2.05, 4.69) is 5.32 Å². The molecule has 0 fully saturated rings. The number of halogens is 3. The van der Waals surface area contributed by atoms with Gasteiger partial charge in [-0.2, -0.15) is 13.2 Å². The summed E-state index contributed by atoms with van der Waals surface area (Å²) in [6.45, 7) is 0.950. The Balaban J connectivity index is 2.07. The van der Waals surface area contributed by atoms with Gasteiger partial charge in [-0.3, -0.25) is 0 Å². The summed E-state index contributed by atoms with van der Waals surface area (Å²) in [5.74, 6) is 0.130. The number of phenols is 1. The molecule has 2 N–H and O–H groups in total. The Morgan fingerprint density at radius 2 is 1.68 bits per heavy atom. The molecule has 25 heavy (non-hydrogen) atoms. The Hall–Kier alpha value is -2.41. The number of methoxy groups -OCH3 is 2. The lowest BCUT2D eigenvalue weighted by molar-refractivity contribution is -0.138. The van der Waals surface area contributed by atoms with Gasteiger partial charge in [0.2, 0.25) is 0 Å². The van der Waals surface area contributed by atoms with Gasteiger partial charge in [0.1, 0.15) is 22.8 Å². The molecule has 0 aliphatic carbocycles. The minimum Gasteiger partial charge on any atom is -0.508 e. The smallest absolute Gasteiger partial charge is 0.420 e. The fraction of sp³-hybridized carbons (Fsp3) is 0.333. The first-order valence-electron chi connectivity index (χ1n) is 7.66. The summed E-state index contributed by atoms with van der Waals surface area (Å²) < 4.78 is 49.1. The predicted octanol–water partition coefficient (Wildman–Crippen LogP) is 3.76. The van der Waals surface area contributed by atoms with Crippen LogP contribution in [-0.2, 0) is 19.1 Å². The molecule has 0 spiro atoms. The average Bonchev–Trinajstić information content (AvgIpc) is 2.58. The van der Waals surface area contributed by atoms with E-state index in [1.165, 1.54) is 20.3 Å². The van der Waals surface area contributed by atoms with Crippen molar-refractivity contribution >= 4 is 0 Å². The highest BCUT2D eigenvalue weighted by Gasteiger charge is 2.35. The molecule has 7 heteroatoms. The molecule has 0 saturated heterocycles. The molecule has 0 bridgehead atoms. The molecule has 2 rings (SSSR count). The van der Waals surface area contributed by atoms with Crippen LogP contribution in [0.1, 0.15) is 16.7 Å². The fourth-order valence-corrected chi connectivity index (χ4v) is 2.48. The summed E-state index contributed by atoms with van der Waals surface area (Å²) in [5, 5.41) is 12.8. The first-order chi connectivity index (χ1) is 11.9. The maximum absolute atomic E-state index is 13.0. The van der Waals surface area contributed by atoms with Gasteiger partial charge in [0.15, 0.2) is 0 Å². The summed E-state index contributed by atoms with van der Waals surface area (Å²) in [4.78, 5) is 0. The second-order valence-electron chi connectivity index (χ2n) is 5.42. The van der Waals surface area contributed by atoms with E-state index in [1.807, 2.05) is 6.07 Å². The standard InChI is InChI=1S/C18H20F3NO3/c1-24-16-10-14(18(19,20)21)17(25-2)9-12(16)7-8-22-11-13-5-3-4-6-15(13)23/h3-6,9-10,22-23H,7-8,11H2,1-2H3. The molecule has 0 radical (unpaired) electrons. The summed E-state index contributed by atoms with van der Waals surface area (Å²) >= 11 is 0. The van der Waals surface area contributed by atoms with Gasteiger partial charge >= 0.3 is 6.18 Å². The van der Waals surface area contributed by atoms with Gasteiger partial charge in [-0.15, -0.1) is 0 Å². The number of alkyl halides is 3. The number of rotatable bonds is 7. The maximum Gasteiger partial charge on any atom is 0.420 e. The molecule has 0 aromatic heterocycles. The number of para-hydroxylation sites is 1. The number of hydrogen-bond acceptors (Lipinski definition) is 4. The van der Waals surface area contributed by atoms with E-state index in [0.717, 1.165) is 11.6 Å². The van der Waals surface area contributed by atoms with Crippen molar-refractivity contribution in [3.63, 3.8) is 0 Å². The average molecular weight is 355 g/mol. The lowest BCUT2D eigenvalue weighted by Gasteiger charge is -2.17. The number of benzene rings is 2. The van der Waals surface area contributed by atoms with Crippen LogP contribution in [0.25, 0.3) is 0 Å². The quantitative estimate of drug-likeness (QED) is 0.743. The third kappa shape index (κ3) is 4.79. The van der Waals surface area contributed by atoms with Gasteiger partial charge in [0.05, 0.1) is 14.2 Å². The number of nitrogens with one attached hydrogen (secondary N) is 1. The van der Waals surface area contributed by atoms with Gasteiger partial charge < -0.3 is 19.9 Å². The first-order valence-corrected chi connectivity index (χ1v) is 7.66. The van der Waals surface area contributed by atoms with Gasteiger partial charge in [-0.25, -0.2) is 0 Å². The molecule has 0 aliphatic heterocycles. The summed E-state index contributed by atoms with van der Waals surface area (Å²) in [7, 11) is 2.54. The van der Waals surface area contributed by atoms with E-state index in [0.29, 0.717) is 25.1 Å². The van der Waals surface area contributed by atoms with Crippen LogP contribution in [0.3, 0.4) is 0 Å². The topological polar surface area (TPSA) is 50.7 Å². The lowest BCUT2D eigenvalue weighted by atomic mass is 10.1. The van der Waals surface area contributed by atoms with Crippen LogP contribution in [0.5, 0.6) is 17.2 Å². The molecule has 0 atom stereocenters. The predicted molar refractivity (Wildman–Crippen MR) is 88.1 cm³/mol. The van der Waals surface area contributed by atoms with Crippen LogP contribution in [-0.4, -0.2) is 25.9 Å². The molecule has 2 aromatic carbocycles.